The Balaban J connectivity index is 4.10. The van der Waals surface area contributed by atoms with Crippen molar-refractivity contribution in [2.24, 2.45) is 5.73 Å². The number of hydrogen-bond acceptors (Lipinski definition) is 7. The van der Waals surface area contributed by atoms with Crippen LogP contribution in [-0.4, -0.2) is 62.9 Å². The summed E-state index contributed by atoms with van der Waals surface area (Å²) in [7, 11) is 0. The van der Waals surface area contributed by atoms with E-state index in [2.05, 4.69) is 10.9 Å². The Labute approximate surface area is 113 Å². The summed E-state index contributed by atoms with van der Waals surface area (Å²) >= 11 is 1.05. The van der Waals surface area contributed by atoms with Crippen LogP contribution in [0.4, 0.5) is 0 Å². The summed E-state index contributed by atoms with van der Waals surface area (Å²) in [5.41, 5.74) is 9.96. The first-order valence-electron chi connectivity index (χ1n) is 5.28. The van der Waals surface area contributed by atoms with Crippen molar-refractivity contribution < 1.29 is 29.7 Å². The molecule has 7 N–H and O–H groups in total. The number of carboxylic acids is 3. The van der Waals surface area contributed by atoms with Gasteiger partial charge in [0, 0.05) is 11.5 Å². The summed E-state index contributed by atoms with van der Waals surface area (Å²) in [6.07, 6.45) is 0. The van der Waals surface area contributed by atoms with E-state index in [4.69, 9.17) is 21.1 Å². The van der Waals surface area contributed by atoms with Gasteiger partial charge in [0.2, 0.25) is 0 Å². The van der Waals surface area contributed by atoms with E-state index in [-0.39, 0.29) is 11.5 Å². The summed E-state index contributed by atoms with van der Waals surface area (Å²) in [6, 6.07) is -3.06. The molecule has 0 aliphatic heterocycles. The van der Waals surface area contributed by atoms with E-state index in [0.29, 0.717) is 0 Å². The topological polar surface area (TPSA) is 162 Å². The number of hydrazine groups is 1. The Kier molecular flexibility index (Phi) is 8.07. The molecule has 9 nitrogen and oxygen atoms in total. The average molecular weight is 295 g/mol. The minimum atomic E-state index is -1.18. The largest absolute Gasteiger partial charge is 0.480 e. The van der Waals surface area contributed by atoms with Crippen molar-refractivity contribution in [2.75, 3.05) is 11.5 Å². The van der Waals surface area contributed by atoms with E-state index in [1.807, 2.05) is 0 Å². The zero-order chi connectivity index (χ0) is 15.0. The number of hydrogen-bond donors (Lipinski definition) is 6. The lowest BCUT2D eigenvalue weighted by Gasteiger charge is -2.17. The van der Waals surface area contributed by atoms with Crippen LogP contribution in [-0.2, 0) is 14.4 Å². The van der Waals surface area contributed by atoms with E-state index >= 15 is 0 Å². The molecule has 0 spiro atoms. The molecular weight excluding hydrogens is 278 g/mol. The van der Waals surface area contributed by atoms with Gasteiger partial charge in [0.15, 0.2) is 0 Å². The molecule has 110 valence electrons. The molecule has 0 aromatic heterocycles. The number of thioether (sulfide) groups is 1. The predicted molar refractivity (Wildman–Crippen MR) is 67.7 cm³/mol. The van der Waals surface area contributed by atoms with Crippen molar-refractivity contribution >= 4 is 29.7 Å². The smallest absolute Gasteiger partial charge is 0.322 e. The fourth-order valence-electron chi connectivity index (χ4n) is 0.846. The minimum absolute atomic E-state index is 0.0512. The molecule has 0 fully saturated rings. The number of carboxylic acid groups (broad SMARTS) is 3. The molecule has 0 aromatic rings. The maximum Gasteiger partial charge on any atom is 0.322 e. The van der Waals surface area contributed by atoms with E-state index in [0.717, 1.165) is 11.8 Å². The molecule has 0 radical (unpaired) electrons. The van der Waals surface area contributed by atoms with Crippen LogP contribution in [0.5, 0.6) is 0 Å². The van der Waals surface area contributed by atoms with Crippen molar-refractivity contribution in [3.05, 3.63) is 0 Å². The Morgan fingerprint density at radius 1 is 1.05 bits per heavy atom. The third kappa shape index (κ3) is 7.62. The molecule has 0 unspecified atom stereocenters. The number of nitrogens with one attached hydrogen (secondary N) is 2. The van der Waals surface area contributed by atoms with Gasteiger partial charge >= 0.3 is 17.9 Å². The average Bonchev–Trinajstić information content (AvgIpc) is 2.31. The molecule has 10 heteroatoms. The first-order chi connectivity index (χ1) is 8.75. The van der Waals surface area contributed by atoms with Crippen LogP contribution in [0.2, 0.25) is 0 Å². The first kappa shape index (κ1) is 17.6. The molecule has 0 bridgehead atoms. The van der Waals surface area contributed by atoms with Gasteiger partial charge in [0.1, 0.15) is 18.1 Å². The van der Waals surface area contributed by atoms with E-state index in [1.165, 1.54) is 6.92 Å². The normalized spacial score (nSPS) is 15.5. The zero-order valence-corrected chi connectivity index (χ0v) is 11.0. The van der Waals surface area contributed by atoms with Gasteiger partial charge in [-0.25, -0.2) is 10.9 Å². The summed E-state index contributed by atoms with van der Waals surface area (Å²) in [6.45, 7) is 1.35. The second-order valence-corrected chi connectivity index (χ2v) is 4.80. The second kappa shape index (κ2) is 8.69. The molecule has 0 saturated carbocycles. The monoisotopic (exact) mass is 295 g/mol. The van der Waals surface area contributed by atoms with E-state index in [1.54, 1.807) is 0 Å². The van der Waals surface area contributed by atoms with Gasteiger partial charge in [-0.3, -0.25) is 14.4 Å². The maximum atomic E-state index is 10.9. The fraction of sp³-hybridized carbons (Fsp3) is 0.667. The Bertz CT molecular complexity index is 340. The van der Waals surface area contributed by atoms with Crippen molar-refractivity contribution in [1.82, 2.24) is 10.9 Å². The molecule has 0 aliphatic carbocycles. The van der Waals surface area contributed by atoms with Gasteiger partial charge in [0.25, 0.3) is 0 Å². The number of nitrogens with two attached hydrogens (primary N) is 1. The van der Waals surface area contributed by atoms with Gasteiger partial charge in [-0.2, -0.15) is 11.8 Å². The molecule has 0 rings (SSSR count). The van der Waals surface area contributed by atoms with Crippen molar-refractivity contribution in [3.8, 4) is 0 Å². The molecule has 0 heterocycles. The molecule has 3 atom stereocenters. The van der Waals surface area contributed by atoms with Crippen molar-refractivity contribution in [1.29, 1.82) is 0 Å². The van der Waals surface area contributed by atoms with Gasteiger partial charge < -0.3 is 21.1 Å². The van der Waals surface area contributed by atoms with Crippen LogP contribution >= 0.6 is 11.8 Å². The quantitative estimate of drug-likeness (QED) is 0.252. The zero-order valence-electron chi connectivity index (χ0n) is 10.2. The van der Waals surface area contributed by atoms with Crippen LogP contribution in [0.15, 0.2) is 0 Å². The molecule has 0 saturated heterocycles. The standard InChI is InChI=1S/C9H17N3O6S/c1-4(7(13)14)11-12-6(9(17)18)3-19-2-5(10)8(15)16/h4-6,11-12H,2-3,10H2,1H3,(H,13,14)(H,15,16)(H,17,18)/t4-,5-,6-/m0/s1. The lowest BCUT2D eigenvalue weighted by molar-refractivity contribution is -0.142. The third-order valence-corrected chi connectivity index (χ3v) is 3.21. The number of aliphatic carboxylic acids is 3. The van der Waals surface area contributed by atoms with Crippen LogP contribution in [0.25, 0.3) is 0 Å². The van der Waals surface area contributed by atoms with Gasteiger partial charge in [-0.1, -0.05) is 0 Å². The Morgan fingerprint density at radius 2 is 1.63 bits per heavy atom. The summed E-state index contributed by atoms with van der Waals surface area (Å²) < 4.78 is 0. The molecule has 0 amide bonds. The number of rotatable bonds is 10. The van der Waals surface area contributed by atoms with Gasteiger partial charge in [-0.05, 0) is 6.92 Å². The summed E-state index contributed by atoms with van der Waals surface area (Å²) in [5.74, 6) is -3.35. The maximum absolute atomic E-state index is 10.9. The SMILES string of the molecule is C[C@H](NN[C@@H](CSC[C@H](N)C(=O)O)C(=O)O)C(=O)O. The van der Waals surface area contributed by atoms with Crippen molar-refractivity contribution in [3.63, 3.8) is 0 Å². The van der Waals surface area contributed by atoms with Crippen LogP contribution in [0, 0.1) is 0 Å². The lowest BCUT2D eigenvalue weighted by Crippen LogP contribution is -2.52. The molecule has 0 aliphatic rings. The lowest BCUT2D eigenvalue weighted by atomic mass is 10.3. The summed E-state index contributed by atoms with van der Waals surface area (Å²) in [4.78, 5) is 31.9. The van der Waals surface area contributed by atoms with Crippen molar-refractivity contribution in [2.45, 2.75) is 25.0 Å². The predicted octanol–water partition coefficient (Wildman–Crippen LogP) is -1.85. The third-order valence-electron chi connectivity index (χ3n) is 2.04. The van der Waals surface area contributed by atoms with Gasteiger partial charge in [0.05, 0.1) is 0 Å². The van der Waals surface area contributed by atoms with Crippen LogP contribution < -0.4 is 16.6 Å². The van der Waals surface area contributed by atoms with Crippen LogP contribution in [0.3, 0.4) is 0 Å². The number of carbonyl (C=O) groups is 3. The second-order valence-electron chi connectivity index (χ2n) is 3.72. The van der Waals surface area contributed by atoms with E-state index < -0.39 is 36.0 Å². The molecular formula is C9H17N3O6S. The molecule has 19 heavy (non-hydrogen) atoms. The highest BCUT2D eigenvalue weighted by Gasteiger charge is 2.20. The Morgan fingerprint density at radius 3 is 2.05 bits per heavy atom. The first-order valence-corrected chi connectivity index (χ1v) is 6.44. The minimum Gasteiger partial charge on any atom is -0.480 e. The molecule has 0 aromatic carbocycles. The van der Waals surface area contributed by atoms with Crippen LogP contribution in [0.1, 0.15) is 6.92 Å². The van der Waals surface area contributed by atoms with Gasteiger partial charge in [-0.15, -0.1) is 0 Å². The highest BCUT2D eigenvalue weighted by molar-refractivity contribution is 7.99. The highest BCUT2D eigenvalue weighted by atomic mass is 32.2. The summed E-state index contributed by atoms with van der Waals surface area (Å²) in [5, 5.41) is 26.0. The highest BCUT2D eigenvalue weighted by Crippen LogP contribution is 2.05. The van der Waals surface area contributed by atoms with E-state index in [9.17, 15) is 14.4 Å². The Hall–Kier alpha value is -1.36. The fourth-order valence-corrected chi connectivity index (χ4v) is 1.84.